The Morgan fingerprint density at radius 1 is 1.40 bits per heavy atom. The second-order valence-electron chi connectivity index (χ2n) is 3.51. The van der Waals surface area contributed by atoms with Crippen LogP contribution in [0.2, 0.25) is 0 Å². The molecule has 0 saturated heterocycles. The van der Waals surface area contributed by atoms with Gasteiger partial charge in [-0.15, -0.1) is 4.91 Å². The molecular formula is C11H16N2O2. The van der Waals surface area contributed by atoms with E-state index in [1.54, 1.807) is 7.05 Å². The zero-order chi connectivity index (χ0) is 11.3. The van der Waals surface area contributed by atoms with Crippen LogP contribution in [0.25, 0.3) is 0 Å². The Balaban J connectivity index is 3.16. The van der Waals surface area contributed by atoms with E-state index in [2.05, 4.69) is 5.29 Å². The lowest BCUT2D eigenvalue weighted by Gasteiger charge is -2.36. The Morgan fingerprint density at radius 2 is 2.00 bits per heavy atom. The normalized spacial score (nSPS) is 14.3. The van der Waals surface area contributed by atoms with Crippen molar-refractivity contribution in [3.05, 3.63) is 40.8 Å². The van der Waals surface area contributed by atoms with Crippen LogP contribution < -0.4 is 0 Å². The molecule has 0 saturated carbocycles. The lowest BCUT2D eigenvalue weighted by molar-refractivity contribution is 0.0431. The Morgan fingerprint density at radius 3 is 2.40 bits per heavy atom. The predicted molar refractivity (Wildman–Crippen MR) is 59.1 cm³/mol. The van der Waals surface area contributed by atoms with Crippen LogP contribution in [0.5, 0.6) is 0 Å². The quantitative estimate of drug-likeness (QED) is 0.594. The van der Waals surface area contributed by atoms with Gasteiger partial charge in [-0.2, -0.15) is 0 Å². The highest BCUT2D eigenvalue weighted by molar-refractivity contribution is 5.24. The van der Waals surface area contributed by atoms with Crippen molar-refractivity contribution in [2.24, 2.45) is 5.29 Å². The standard InChI is InChI=1S/C11H16N2O2/c1-3-11(9-14,13(2)12-15)10-7-5-4-6-8-10/h4-8,14H,3,9H2,1-2H3. The van der Waals surface area contributed by atoms with Crippen molar-refractivity contribution < 1.29 is 5.11 Å². The number of hydrogen-bond acceptors (Lipinski definition) is 3. The molecule has 0 bridgehead atoms. The van der Waals surface area contributed by atoms with Crippen LogP contribution in [0.4, 0.5) is 0 Å². The molecule has 1 aromatic carbocycles. The molecule has 4 heteroatoms. The van der Waals surface area contributed by atoms with Crippen molar-refractivity contribution in [3.63, 3.8) is 0 Å². The van der Waals surface area contributed by atoms with E-state index in [9.17, 15) is 10.0 Å². The summed E-state index contributed by atoms with van der Waals surface area (Å²) in [5.41, 5.74) is 0.195. The summed E-state index contributed by atoms with van der Waals surface area (Å²) in [6.07, 6.45) is 0.621. The summed E-state index contributed by atoms with van der Waals surface area (Å²) in [4.78, 5) is 10.6. The largest absolute Gasteiger partial charge is 0.393 e. The van der Waals surface area contributed by atoms with E-state index in [0.29, 0.717) is 6.42 Å². The number of likely N-dealkylation sites (N-methyl/N-ethyl adjacent to an activating group) is 1. The zero-order valence-corrected chi connectivity index (χ0v) is 9.05. The first kappa shape index (κ1) is 11.7. The van der Waals surface area contributed by atoms with Gasteiger partial charge in [-0.05, 0) is 12.0 Å². The molecule has 4 nitrogen and oxygen atoms in total. The van der Waals surface area contributed by atoms with Gasteiger partial charge in [0.15, 0.2) is 0 Å². The molecule has 0 aliphatic carbocycles. The molecule has 1 atom stereocenters. The molecule has 0 aliphatic rings. The number of aliphatic hydroxyl groups is 1. The van der Waals surface area contributed by atoms with Gasteiger partial charge in [0.05, 0.1) is 11.9 Å². The maximum absolute atomic E-state index is 10.6. The first-order chi connectivity index (χ1) is 7.21. The van der Waals surface area contributed by atoms with Gasteiger partial charge in [0.1, 0.15) is 5.54 Å². The SMILES string of the molecule is CCC(CO)(c1ccccc1)N(C)N=O. The summed E-state index contributed by atoms with van der Waals surface area (Å²) in [7, 11) is 1.58. The molecule has 1 unspecified atom stereocenters. The molecule has 0 heterocycles. The van der Waals surface area contributed by atoms with Gasteiger partial charge in [0.2, 0.25) is 0 Å². The van der Waals surface area contributed by atoms with Crippen molar-refractivity contribution in [1.82, 2.24) is 5.01 Å². The van der Waals surface area contributed by atoms with Gasteiger partial charge in [-0.1, -0.05) is 37.3 Å². The minimum Gasteiger partial charge on any atom is -0.393 e. The Kier molecular flexibility index (Phi) is 3.80. The van der Waals surface area contributed by atoms with Crippen LogP contribution in [0.3, 0.4) is 0 Å². The predicted octanol–water partition coefficient (Wildman–Crippen LogP) is 1.90. The van der Waals surface area contributed by atoms with Crippen molar-refractivity contribution in [2.75, 3.05) is 13.7 Å². The highest BCUT2D eigenvalue weighted by Gasteiger charge is 2.34. The average Bonchev–Trinajstić information content (AvgIpc) is 2.32. The zero-order valence-electron chi connectivity index (χ0n) is 9.05. The molecule has 0 amide bonds. The van der Waals surface area contributed by atoms with Gasteiger partial charge in [0.25, 0.3) is 0 Å². The van der Waals surface area contributed by atoms with Crippen molar-refractivity contribution in [1.29, 1.82) is 0 Å². The van der Waals surface area contributed by atoms with Crippen LogP contribution in [-0.2, 0) is 5.54 Å². The van der Waals surface area contributed by atoms with Gasteiger partial charge in [0, 0.05) is 7.05 Å². The number of nitrogens with zero attached hydrogens (tertiary/aromatic N) is 2. The Hall–Kier alpha value is -1.42. The maximum Gasteiger partial charge on any atom is 0.108 e. The molecule has 0 radical (unpaired) electrons. The summed E-state index contributed by atoms with van der Waals surface area (Å²) < 4.78 is 0. The van der Waals surface area contributed by atoms with Crippen LogP contribution in [0.1, 0.15) is 18.9 Å². The Labute approximate surface area is 89.5 Å². The Bertz CT molecular complexity index is 310. The molecular weight excluding hydrogens is 192 g/mol. The molecule has 15 heavy (non-hydrogen) atoms. The molecule has 0 spiro atoms. The number of nitroso groups, excluding NO2 is 1. The fourth-order valence-electron chi connectivity index (χ4n) is 1.75. The van der Waals surface area contributed by atoms with Crippen LogP contribution in [0, 0.1) is 4.91 Å². The molecule has 0 aliphatic heterocycles. The van der Waals surface area contributed by atoms with E-state index in [-0.39, 0.29) is 6.61 Å². The van der Waals surface area contributed by atoms with Crippen LogP contribution >= 0.6 is 0 Å². The monoisotopic (exact) mass is 208 g/mol. The van der Waals surface area contributed by atoms with Crippen molar-refractivity contribution in [2.45, 2.75) is 18.9 Å². The minimum atomic E-state index is -0.705. The molecule has 1 N–H and O–H groups in total. The number of benzene rings is 1. The number of hydrogen-bond donors (Lipinski definition) is 1. The third-order valence-corrected chi connectivity index (χ3v) is 2.90. The maximum atomic E-state index is 10.6. The molecule has 1 aromatic rings. The summed E-state index contributed by atoms with van der Waals surface area (Å²) in [6.45, 7) is 1.79. The van der Waals surface area contributed by atoms with Gasteiger partial charge >= 0.3 is 0 Å². The molecule has 0 fully saturated rings. The van der Waals surface area contributed by atoms with Gasteiger partial charge in [-0.3, -0.25) is 5.01 Å². The second kappa shape index (κ2) is 4.89. The highest BCUT2D eigenvalue weighted by atomic mass is 16.3. The summed E-state index contributed by atoms with van der Waals surface area (Å²) in [5, 5.41) is 13.7. The topological polar surface area (TPSA) is 52.9 Å². The summed E-state index contributed by atoms with van der Waals surface area (Å²) >= 11 is 0. The van der Waals surface area contributed by atoms with Crippen LogP contribution in [0.15, 0.2) is 35.6 Å². The molecule has 82 valence electrons. The first-order valence-corrected chi connectivity index (χ1v) is 4.94. The van der Waals surface area contributed by atoms with E-state index in [0.717, 1.165) is 5.56 Å². The van der Waals surface area contributed by atoms with E-state index in [1.807, 2.05) is 37.3 Å². The smallest absolute Gasteiger partial charge is 0.108 e. The van der Waals surface area contributed by atoms with Crippen LogP contribution in [-0.4, -0.2) is 23.8 Å². The van der Waals surface area contributed by atoms with Crippen molar-refractivity contribution >= 4 is 0 Å². The lowest BCUT2D eigenvalue weighted by atomic mass is 9.87. The lowest BCUT2D eigenvalue weighted by Crippen LogP contribution is -2.43. The van der Waals surface area contributed by atoms with Crippen molar-refractivity contribution in [3.8, 4) is 0 Å². The first-order valence-electron chi connectivity index (χ1n) is 4.94. The van der Waals surface area contributed by atoms with E-state index in [4.69, 9.17) is 0 Å². The fourth-order valence-corrected chi connectivity index (χ4v) is 1.75. The fraction of sp³-hybridized carbons (Fsp3) is 0.455. The minimum absolute atomic E-state index is 0.129. The summed E-state index contributed by atoms with van der Waals surface area (Å²) in [6, 6.07) is 9.44. The second-order valence-corrected chi connectivity index (χ2v) is 3.51. The highest BCUT2D eigenvalue weighted by Crippen LogP contribution is 2.30. The van der Waals surface area contributed by atoms with E-state index >= 15 is 0 Å². The van der Waals surface area contributed by atoms with Gasteiger partial charge in [-0.25, -0.2) is 0 Å². The molecule has 0 aromatic heterocycles. The van der Waals surface area contributed by atoms with E-state index < -0.39 is 5.54 Å². The summed E-state index contributed by atoms with van der Waals surface area (Å²) in [5.74, 6) is 0. The van der Waals surface area contributed by atoms with Gasteiger partial charge < -0.3 is 5.11 Å². The third kappa shape index (κ3) is 1.99. The molecule has 1 rings (SSSR count). The number of aliphatic hydroxyl groups excluding tert-OH is 1. The number of rotatable bonds is 5. The van der Waals surface area contributed by atoms with E-state index in [1.165, 1.54) is 5.01 Å². The third-order valence-electron chi connectivity index (χ3n) is 2.90. The average molecular weight is 208 g/mol.